The molecule has 0 aliphatic heterocycles. The number of aryl methyl sites for hydroxylation is 2. The number of ether oxygens (including phenoxy) is 2. The molecule has 0 amide bonds. The van der Waals surface area contributed by atoms with E-state index in [0.717, 1.165) is 41.0 Å². The summed E-state index contributed by atoms with van der Waals surface area (Å²) < 4.78 is 13.1. The Morgan fingerprint density at radius 2 is 1.67 bits per heavy atom. The van der Waals surface area contributed by atoms with E-state index >= 15 is 0 Å². The van der Waals surface area contributed by atoms with Crippen LogP contribution in [0.2, 0.25) is 5.02 Å². The number of benzene rings is 3. The van der Waals surface area contributed by atoms with Crippen molar-refractivity contribution in [2.75, 3.05) is 13.7 Å². The van der Waals surface area contributed by atoms with Gasteiger partial charge in [-0.05, 0) is 86.3 Å². The maximum absolute atomic E-state index is 13.3. The third-order valence-electron chi connectivity index (χ3n) is 5.66. The molecule has 0 atom stereocenters. The molecule has 0 aliphatic rings. The van der Waals surface area contributed by atoms with Crippen LogP contribution in [-0.2, 0) is 6.54 Å². The van der Waals surface area contributed by atoms with Gasteiger partial charge in [-0.1, -0.05) is 23.7 Å². The van der Waals surface area contributed by atoms with Crippen LogP contribution in [0.25, 0.3) is 22.3 Å². The topological polar surface area (TPSA) is 53.3 Å². The first-order valence-electron chi connectivity index (χ1n) is 11.0. The van der Waals surface area contributed by atoms with Crippen molar-refractivity contribution in [3.8, 4) is 22.9 Å². The van der Waals surface area contributed by atoms with Crippen LogP contribution in [0.4, 0.5) is 0 Å². The van der Waals surface area contributed by atoms with Crippen molar-refractivity contribution in [2.45, 2.75) is 33.2 Å². The number of nitrogens with zero attached hydrogens (tertiary/aromatic N) is 2. The van der Waals surface area contributed by atoms with Crippen molar-refractivity contribution < 1.29 is 9.47 Å². The zero-order chi connectivity index (χ0) is 23.4. The number of para-hydroxylation sites is 1. The van der Waals surface area contributed by atoms with Gasteiger partial charge in [-0.15, -0.1) is 0 Å². The average molecular weight is 463 g/mol. The molecule has 0 N–H and O–H groups in total. The molecule has 4 rings (SSSR count). The van der Waals surface area contributed by atoms with Crippen molar-refractivity contribution in [2.24, 2.45) is 0 Å². The maximum atomic E-state index is 13.3. The number of fused-ring (bicyclic) bond motifs is 1. The SMILES string of the molecule is COc1ccc(-c2nc3ccccc3c(=O)n2CCCCOc2c(C)cc(Cl)cc2C)cc1. The number of unbranched alkanes of at least 4 members (excludes halogenated alkanes) is 1. The molecule has 33 heavy (non-hydrogen) atoms. The highest BCUT2D eigenvalue weighted by molar-refractivity contribution is 6.30. The van der Waals surface area contributed by atoms with Gasteiger partial charge in [0.2, 0.25) is 0 Å². The molecule has 5 nitrogen and oxygen atoms in total. The average Bonchev–Trinajstić information content (AvgIpc) is 2.81. The predicted octanol–water partition coefficient (Wildman–Crippen LogP) is 6.20. The van der Waals surface area contributed by atoms with Crippen molar-refractivity contribution >= 4 is 22.5 Å². The fourth-order valence-corrected chi connectivity index (χ4v) is 4.33. The Labute approximate surface area is 198 Å². The van der Waals surface area contributed by atoms with Gasteiger partial charge in [-0.25, -0.2) is 4.98 Å². The van der Waals surface area contributed by atoms with Gasteiger partial charge < -0.3 is 9.47 Å². The van der Waals surface area contributed by atoms with Crippen molar-refractivity contribution in [1.82, 2.24) is 9.55 Å². The van der Waals surface area contributed by atoms with Crippen molar-refractivity contribution in [1.29, 1.82) is 0 Å². The fourth-order valence-electron chi connectivity index (χ4n) is 4.01. The molecule has 3 aromatic carbocycles. The molecule has 0 fully saturated rings. The van der Waals surface area contributed by atoms with E-state index in [0.29, 0.717) is 34.9 Å². The number of rotatable bonds is 8. The zero-order valence-electron chi connectivity index (χ0n) is 19.1. The Kier molecular flexibility index (Phi) is 6.99. The monoisotopic (exact) mass is 462 g/mol. The summed E-state index contributed by atoms with van der Waals surface area (Å²) in [5.41, 5.74) is 3.59. The molecule has 0 unspecified atom stereocenters. The number of hydrogen-bond acceptors (Lipinski definition) is 4. The smallest absolute Gasteiger partial charge is 0.261 e. The van der Waals surface area contributed by atoms with E-state index < -0.39 is 0 Å². The molecule has 0 aliphatic carbocycles. The second-order valence-electron chi connectivity index (χ2n) is 8.06. The lowest BCUT2D eigenvalue weighted by atomic mass is 10.1. The zero-order valence-corrected chi connectivity index (χ0v) is 19.9. The van der Waals surface area contributed by atoms with Crippen LogP contribution in [0.5, 0.6) is 11.5 Å². The van der Waals surface area contributed by atoms with Gasteiger partial charge in [0, 0.05) is 17.1 Å². The Morgan fingerprint density at radius 3 is 2.36 bits per heavy atom. The number of halogens is 1. The predicted molar refractivity (Wildman–Crippen MR) is 134 cm³/mol. The van der Waals surface area contributed by atoms with E-state index in [1.807, 2.05) is 74.5 Å². The number of hydrogen-bond donors (Lipinski definition) is 0. The molecular weight excluding hydrogens is 436 g/mol. The minimum atomic E-state index is -0.0308. The molecular formula is C27H27ClN2O3. The lowest BCUT2D eigenvalue weighted by Gasteiger charge is -2.15. The summed E-state index contributed by atoms with van der Waals surface area (Å²) in [6.07, 6.45) is 1.59. The Balaban J connectivity index is 1.54. The highest BCUT2D eigenvalue weighted by Gasteiger charge is 2.13. The van der Waals surface area contributed by atoms with E-state index in [2.05, 4.69) is 0 Å². The van der Waals surface area contributed by atoms with Crippen molar-refractivity contribution in [3.05, 3.63) is 87.2 Å². The summed E-state index contributed by atoms with van der Waals surface area (Å²) >= 11 is 6.11. The van der Waals surface area contributed by atoms with Gasteiger partial charge in [0.1, 0.15) is 17.3 Å². The number of methoxy groups -OCH3 is 1. The minimum absolute atomic E-state index is 0.0308. The molecule has 0 radical (unpaired) electrons. The Morgan fingerprint density at radius 1 is 0.970 bits per heavy atom. The molecule has 0 saturated carbocycles. The molecule has 4 aromatic rings. The van der Waals surface area contributed by atoms with Gasteiger partial charge in [0.25, 0.3) is 5.56 Å². The summed E-state index contributed by atoms with van der Waals surface area (Å²) in [5.74, 6) is 2.30. The van der Waals surface area contributed by atoms with Crippen molar-refractivity contribution in [3.63, 3.8) is 0 Å². The van der Waals surface area contributed by atoms with Crippen LogP contribution < -0.4 is 15.0 Å². The second-order valence-corrected chi connectivity index (χ2v) is 8.50. The van der Waals surface area contributed by atoms with E-state index in [9.17, 15) is 4.79 Å². The first kappa shape index (κ1) is 22.9. The molecule has 0 bridgehead atoms. The van der Waals surface area contributed by atoms with E-state index in [-0.39, 0.29) is 5.56 Å². The highest BCUT2D eigenvalue weighted by atomic mass is 35.5. The summed E-state index contributed by atoms with van der Waals surface area (Å²) in [6, 6.07) is 18.9. The van der Waals surface area contributed by atoms with Gasteiger partial charge >= 0.3 is 0 Å². The van der Waals surface area contributed by atoms with Crippen LogP contribution in [0.15, 0.2) is 65.5 Å². The molecule has 170 valence electrons. The quantitative estimate of drug-likeness (QED) is 0.292. The third kappa shape index (κ3) is 5.04. The van der Waals surface area contributed by atoms with Gasteiger partial charge in [0.15, 0.2) is 0 Å². The summed E-state index contributed by atoms with van der Waals surface area (Å²) in [5, 5.41) is 1.34. The molecule has 1 heterocycles. The first-order valence-corrected chi connectivity index (χ1v) is 11.4. The maximum Gasteiger partial charge on any atom is 0.261 e. The Hall–Kier alpha value is -3.31. The summed E-state index contributed by atoms with van der Waals surface area (Å²) in [6.45, 7) is 5.11. The molecule has 0 spiro atoms. The van der Waals surface area contributed by atoms with Gasteiger partial charge in [-0.2, -0.15) is 0 Å². The standard InChI is InChI=1S/C27H27ClN2O3/c1-18-16-21(28)17-19(2)25(18)33-15-7-6-14-30-26(20-10-12-22(32-3)13-11-20)29-24-9-5-4-8-23(24)27(30)31/h4-5,8-13,16-17H,6-7,14-15H2,1-3H3. The number of aromatic nitrogens is 2. The van der Waals surface area contributed by atoms with E-state index in [1.165, 1.54) is 0 Å². The first-order chi connectivity index (χ1) is 16.0. The van der Waals surface area contributed by atoms with Crippen LogP contribution in [0.3, 0.4) is 0 Å². The minimum Gasteiger partial charge on any atom is -0.497 e. The third-order valence-corrected chi connectivity index (χ3v) is 5.88. The summed E-state index contributed by atoms with van der Waals surface area (Å²) in [7, 11) is 1.63. The summed E-state index contributed by atoms with van der Waals surface area (Å²) in [4.78, 5) is 18.1. The van der Waals surface area contributed by atoms with Crippen LogP contribution >= 0.6 is 11.6 Å². The normalized spacial score (nSPS) is 11.0. The largest absolute Gasteiger partial charge is 0.497 e. The lowest BCUT2D eigenvalue weighted by Crippen LogP contribution is -2.24. The molecule has 1 aromatic heterocycles. The highest BCUT2D eigenvalue weighted by Crippen LogP contribution is 2.27. The van der Waals surface area contributed by atoms with E-state index in [1.54, 1.807) is 11.7 Å². The lowest BCUT2D eigenvalue weighted by molar-refractivity contribution is 0.299. The van der Waals surface area contributed by atoms with E-state index in [4.69, 9.17) is 26.1 Å². The van der Waals surface area contributed by atoms with Crippen LogP contribution in [0, 0.1) is 13.8 Å². The van der Waals surface area contributed by atoms with Crippen LogP contribution in [0.1, 0.15) is 24.0 Å². The molecule has 6 heteroatoms. The van der Waals surface area contributed by atoms with Crippen LogP contribution in [-0.4, -0.2) is 23.3 Å². The van der Waals surface area contributed by atoms with Gasteiger partial charge in [-0.3, -0.25) is 9.36 Å². The second kappa shape index (κ2) is 10.1. The fraction of sp³-hybridized carbons (Fsp3) is 0.259. The van der Waals surface area contributed by atoms with Gasteiger partial charge in [0.05, 0.1) is 24.6 Å². The Bertz CT molecular complexity index is 1310. The molecule has 0 saturated heterocycles.